The first-order valence-corrected chi connectivity index (χ1v) is 21.9. The van der Waals surface area contributed by atoms with E-state index in [1.165, 1.54) is 5.56 Å². The van der Waals surface area contributed by atoms with Crippen molar-refractivity contribution in [2.45, 2.75) is 24.7 Å². The van der Waals surface area contributed by atoms with Crippen molar-refractivity contribution < 1.29 is 9.60 Å². The molecule has 0 fully saturated rings. The predicted molar refractivity (Wildman–Crippen MR) is 267 cm³/mol. The van der Waals surface area contributed by atoms with E-state index in [1.807, 2.05) is 29.2 Å². The molecule has 10 aromatic rings. The van der Waals surface area contributed by atoms with Gasteiger partial charge in [-0.2, -0.15) is 0 Å². The summed E-state index contributed by atoms with van der Waals surface area (Å²) in [6.45, 7) is 4.42. The molecule has 3 aliphatic carbocycles. The van der Waals surface area contributed by atoms with Gasteiger partial charge in [-0.25, -0.2) is 0 Å². The SMILES string of the molecule is [2H]c1c([2H])c([2H])c2c([2H])c(N(c3ccc4c(c3)C(C)(C)c3ccccc3-4)c3ccc4c(c3)C3(c5ccccc5-c5ccc(N(c6ccccc6)c6ccccc6)cc53)c3ccccc3-4)c([2H])c([2H])c2c1[2H]. The molecular formula is C62H44N2. The minimum Gasteiger partial charge on any atom is -0.310 e. The van der Waals surface area contributed by atoms with E-state index in [0.29, 0.717) is 11.4 Å². The average molecular weight is 824 g/mol. The maximum atomic E-state index is 9.97. The standard InChI is InChI=1S/C62H44N2/c1-61(2)55-26-14-11-23-49(55)52-34-31-46(38-58(52)61)64(45-30-29-41-17-9-10-18-42(41)37-45)48-33-36-54-51-25-13-16-28-57(51)62(60(54)40-48)56-27-15-12-24-50(56)53-35-32-47(39-59(53)62)63(43-19-5-3-6-20-43)44-21-7-4-8-22-44/h3-40H,1-2H3/i9D,10D,17D,18D,29D,30D,37D. The van der Waals surface area contributed by atoms with Gasteiger partial charge in [0, 0.05) is 39.5 Å². The zero-order valence-corrected chi connectivity index (χ0v) is 35.3. The first-order valence-electron chi connectivity index (χ1n) is 25.4. The van der Waals surface area contributed by atoms with Gasteiger partial charge in [-0.05, 0) is 150 Å². The van der Waals surface area contributed by atoms with Crippen LogP contribution in [-0.4, -0.2) is 0 Å². The highest BCUT2D eigenvalue weighted by Gasteiger charge is 2.52. The lowest BCUT2D eigenvalue weighted by atomic mass is 9.70. The van der Waals surface area contributed by atoms with E-state index in [4.69, 9.17) is 5.48 Å². The summed E-state index contributed by atoms with van der Waals surface area (Å²) in [5.74, 6) is 0. The second-order valence-electron chi connectivity index (χ2n) is 17.5. The summed E-state index contributed by atoms with van der Waals surface area (Å²) < 4.78 is 64.4. The van der Waals surface area contributed by atoms with Crippen LogP contribution in [-0.2, 0) is 10.8 Å². The number of hydrogen-bond acceptors (Lipinski definition) is 2. The Morgan fingerprint density at radius 2 is 0.734 bits per heavy atom. The fourth-order valence-electron chi connectivity index (χ4n) is 11.1. The van der Waals surface area contributed by atoms with Gasteiger partial charge in [0.15, 0.2) is 0 Å². The molecule has 0 amide bonds. The van der Waals surface area contributed by atoms with E-state index >= 15 is 0 Å². The highest BCUT2D eigenvalue weighted by atomic mass is 15.1. The van der Waals surface area contributed by atoms with Gasteiger partial charge in [0.2, 0.25) is 0 Å². The molecule has 1 spiro atoms. The first kappa shape index (κ1) is 30.2. The Morgan fingerprint density at radius 1 is 0.328 bits per heavy atom. The monoisotopic (exact) mass is 823 g/mol. The largest absolute Gasteiger partial charge is 0.310 e. The van der Waals surface area contributed by atoms with Gasteiger partial charge in [0.25, 0.3) is 0 Å². The number of para-hydroxylation sites is 2. The van der Waals surface area contributed by atoms with Crippen LogP contribution < -0.4 is 9.80 Å². The Labute approximate surface area is 384 Å². The number of nitrogens with zero attached hydrogens (tertiary/aromatic N) is 2. The average Bonchev–Trinajstić information content (AvgIpc) is 3.95. The number of anilines is 6. The van der Waals surface area contributed by atoms with Crippen LogP contribution in [0.5, 0.6) is 0 Å². The lowest BCUT2D eigenvalue weighted by molar-refractivity contribution is 0.660. The second-order valence-corrected chi connectivity index (χ2v) is 17.5. The van der Waals surface area contributed by atoms with E-state index in [1.54, 1.807) is 0 Å². The van der Waals surface area contributed by atoms with Crippen molar-refractivity contribution >= 4 is 44.9 Å². The van der Waals surface area contributed by atoms with Crippen LogP contribution in [0.3, 0.4) is 0 Å². The minimum atomic E-state index is -0.813. The summed E-state index contributed by atoms with van der Waals surface area (Å²) in [5.41, 5.74) is 16.6. The van der Waals surface area contributed by atoms with E-state index in [-0.39, 0.29) is 34.6 Å². The summed E-state index contributed by atoms with van der Waals surface area (Å²) >= 11 is 0. The zero-order valence-electron chi connectivity index (χ0n) is 42.3. The predicted octanol–water partition coefficient (Wildman–Crippen LogP) is 16.4. The van der Waals surface area contributed by atoms with Crippen LogP contribution in [0.4, 0.5) is 34.1 Å². The molecule has 0 heterocycles. The quantitative estimate of drug-likeness (QED) is 0.165. The molecule has 13 rings (SSSR count). The van der Waals surface area contributed by atoms with Gasteiger partial charge in [-0.1, -0.05) is 171 Å². The van der Waals surface area contributed by atoms with E-state index in [0.717, 1.165) is 78.3 Å². The molecule has 0 aliphatic heterocycles. The summed E-state index contributed by atoms with van der Waals surface area (Å²) in [4.78, 5) is 4.17. The topological polar surface area (TPSA) is 6.48 Å². The van der Waals surface area contributed by atoms with Crippen molar-refractivity contribution in [3.05, 3.63) is 264 Å². The van der Waals surface area contributed by atoms with Crippen molar-refractivity contribution in [2.75, 3.05) is 9.80 Å². The highest BCUT2D eigenvalue weighted by Crippen LogP contribution is 2.64. The molecule has 10 aromatic carbocycles. The number of rotatable bonds is 6. The second kappa shape index (κ2) is 13.8. The van der Waals surface area contributed by atoms with Crippen molar-refractivity contribution in [1.29, 1.82) is 0 Å². The van der Waals surface area contributed by atoms with Crippen molar-refractivity contribution in [3.63, 3.8) is 0 Å². The normalized spacial score (nSPS) is 17.1. The molecule has 0 radical (unpaired) electrons. The van der Waals surface area contributed by atoms with E-state index in [9.17, 15) is 4.11 Å². The molecule has 64 heavy (non-hydrogen) atoms. The maximum absolute atomic E-state index is 9.97. The van der Waals surface area contributed by atoms with Crippen molar-refractivity contribution in [2.24, 2.45) is 0 Å². The lowest BCUT2D eigenvalue weighted by Gasteiger charge is -2.33. The van der Waals surface area contributed by atoms with E-state index < -0.39 is 35.0 Å². The number of benzene rings is 10. The van der Waals surface area contributed by atoms with Crippen LogP contribution in [0, 0.1) is 0 Å². The Morgan fingerprint density at radius 3 is 1.28 bits per heavy atom. The summed E-state index contributed by atoms with van der Waals surface area (Å²) in [6, 6.07) is 63.2. The Kier molecular flexibility index (Phi) is 6.50. The van der Waals surface area contributed by atoms with Gasteiger partial charge in [0.1, 0.15) is 0 Å². The van der Waals surface area contributed by atoms with Crippen LogP contribution in [0.15, 0.2) is 230 Å². The minimum absolute atomic E-state index is 0.0566. The van der Waals surface area contributed by atoms with Crippen LogP contribution >= 0.6 is 0 Å². The molecule has 1 atom stereocenters. The molecule has 2 heteroatoms. The third-order valence-electron chi connectivity index (χ3n) is 13.9. The fourth-order valence-corrected chi connectivity index (χ4v) is 11.1. The van der Waals surface area contributed by atoms with Crippen LogP contribution in [0.25, 0.3) is 44.2 Å². The molecular weight excluding hydrogens is 773 g/mol. The van der Waals surface area contributed by atoms with Crippen LogP contribution in [0.1, 0.15) is 56.8 Å². The van der Waals surface area contributed by atoms with Crippen molar-refractivity contribution in [3.8, 4) is 33.4 Å². The molecule has 0 aromatic heterocycles. The first-order chi connectivity index (χ1) is 34.4. The number of fused-ring (bicyclic) bond motifs is 14. The van der Waals surface area contributed by atoms with Gasteiger partial charge in [0.05, 0.1) is 15.0 Å². The molecule has 0 bridgehead atoms. The molecule has 302 valence electrons. The van der Waals surface area contributed by atoms with Crippen molar-refractivity contribution in [1.82, 2.24) is 0 Å². The summed E-state index contributed by atoms with van der Waals surface area (Å²) in [5, 5.41) is -0.234. The third kappa shape index (κ3) is 5.14. The Balaban J connectivity index is 1.11. The molecule has 2 nitrogen and oxygen atoms in total. The summed E-state index contributed by atoms with van der Waals surface area (Å²) in [6.07, 6.45) is 0. The molecule has 0 saturated carbocycles. The Bertz CT molecular complexity index is 3860. The van der Waals surface area contributed by atoms with E-state index in [2.05, 4.69) is 183 Å². The van der Waals surface area contributed by atoms with Gasteiger partial charge >= 0.3 is 0 Å². The fraction of sp³-hybridized carbons (Fsp3) is 0.0645. The zero-order chi connectivity index (χ0) is 48.7. The Hall–Kier alpha value is -7.94. The molecule has 0 saturated heterocycles. The van der Waals surface area contributed by atoms with Gasteiger partial charge in [-0.3, -0.25) is 0 Å². The highest BCUT2D eigenvalue weighted by molar-refractivity contribution is 5.98. The van der Waals surface area contributed by atoms with Gasteiger partial charge in [-0.15, -0.1) is 0 Å². The van der Waals surface area contributed by atoms with Crippen LogP contribution in [0.2, 0.25) is 0 Å². The maximum Gasteiger partial charge on any atom is 0.0727 e. The molecule has 1 unspecified atom stereocenters. The smallest absolute Gasteiger partial charge is 0.0727 e. The lowest BCUT2D eigenvalue weighted by Crippen LogP contribution is -2.26. The third-order valence-corrected chi connectivity index (χ3v) is 13.9. The molecule has 3 aliphatic rings. The van der Waals surface area contributed by atoms with Gasteiger partial charge < -0.3 is 9.80 Å². The number of hydrogen-bond donors (Lipinski definition) is 0. The molecule has 0 N–H and O–H groups in total. The summed E-state index contributed by atoms with van der Waals surface area (Å²) in [7, 11) is 0.